The Balaban J connectivity index is 1.62. The normalized spacial score (nSPS) is 10.7. The number of carbonyl (C=O) groups is 1. The van der Waals surface area contributed by atoms with Crippen LogP contribution in [-0.2, 0) is 6.42 Å². The van der Waals surface area contributed by atoms with E-state index in [0.29, 0.717) is 11.3 Å². The third kappa shape index (κ3) is 3.97. The van der Waals surface area contributed by atoms with E-state index in [1.54, 1.807) is 0 Å². The van der Waals surface area contributed by atoms with Gasteiger partial charge in [0.1, 0.15) is 0 Å². The Hall–Kier alpha value is -3.66. The number of amides is 1. The van der Waals surface area contributed by atoms with E-state index in [0.717, 1.165) is 29.1 Å². The molecule has 0 atom stereocenters. The fraction of sp³-hybridized carbons (Fsp3) is 0.120. The van der Waals surface area contributed by atoms with Crippen LogP contribution in [0.4, 0.5) is 5.69 Å². The molecule has 0 saturated heterocycles. The fourth-order valence-corrected chi connectivity index (χ4v) is 3.59. The molecule has 0 unspecified atom stereocenters. The molecule has 0 spiro atoms. The van der Waals surface area contributed by atoms with Crippen LogP contribution in [-0.4, -0.2) is 15.7 Å². The number of benzene rings is 3. The second-order valence-electron chi connectivity index (χ2n) is 7.07. The first-order valence-corrected chi connectivity index (χ1v) is 9.68. The van der Waals surface area contributed by atoms with Gasteiger partial charge in [0.2, 0.25) is 0 Å². The number of para-hydroxylation sites is 2. The minimum absolute atomic E-state index is 0.136. The van der Waals surface area contributed by atoms with Gasteiger partial charge in [0.05, 0.1) is 22.6 Å². The van der Waals surface area contributed by atoms with Crippen molar-refractivity contribution in [2.75, 3.05) is 5.32 Å². The number of anilines is 1. The lowest BCUT2D eigenvalue weighted by Crippen LogP contribution is -2.15. The molecule has 4 nitrogen and oxygen atoms in total. The molecule has 0 fully saturated rings. The highest BCUT2D eigenvalue weighted by molar-refractivity contribution is 6.06. The third-order valence-electron chi connectivity index (χ3n) is 5.02. The molecule has 1 heterocycles. The maximum Gasteiger partial charge on any atom is 0.259 e. The van der Waals surface area contributed by atoms with Gasteiger partial charge in [0.15, 0.2) is 0 Å². The molecule has 144 valence electrons. The van der Waals surface area contributed by atoms with Gasteiger partial charge in [-0.25, -0.2) is 4.68 Å². The van der Waals surface area contributed by atoms with Crippen molar-refractivity contribution in [2.24, 2.45) is 0 Å². The summed E-state index contributed by atoms with van der Waals surface area (Å²) in [6, 6.07) is 28.0. The van der Waals surface area contributed by atoms with E-state index >= 15 is 0 Å². The van der Waals surface area contributed by atoms with Crippen LogP contribution in [0.15, 0.2) is 84.9 Å². The first kappa shape index (κ1) is 18.7. The van der Waals surface area contributed by atoms with E-state index in [-0.39, 0.29) is 5.91 Å². The Kier molecular flexibility index (Phi) is 5.25. The number of aryl methyl sites for hydroxylation is 1. The van der Waals surface area contributed by atoms with Crippen LogP contribution in [0.5, 0.6) is 0 Å². The SMILES string of the molecule is Cc1nn(-c2ccccc2)c(C)c1C(=O)Nc1ccccc1Cc1ccccc1. The summed E-state index contributed by atoms with van der Waals surface area (Å²) in [7, 11) is 0. The standard InChI is InChI=1S/C25H23N3O/c1-18-24(19(2)28(27-18)22-14-7-4-8-15-22)25(29)26-23-16-10-9-13-21(23)17-20-11-5-3-6-12-20/h3-16H,17H2,1-2H3,(H,26,29). The molecule has 0 aliphatic carbocycles. The van der Waals surface area contributed by atoms with Gasteiger partial charge in [-0.2, -0.15) is 5.10 Å². The van der Waals surface area contributed by atoms with Crippen molar-refractivity contribution < 1.29 is 4.79 Å². The second kappa shape index (κ2) is 8.15. The van der Waals surface area contributed by atoms with Crippen molar-refractivity contribution in [1.82, 2.24) is 9.78 Å². The zero-order valence-corrected chi connectivity index (χ0v) is 16.6. The molecule has 4 aromatic rings. The summed E-state index contributed by atoms with van der Waals surface area (Å²) in [6.45, 7) is 3.80. The average Bonchev–Trinajstić information content (AvgIpc) is 3.05. The summed E-state index contributed by atoms with van der Waals surface area (Å²) in [4.78, 5) is 13.1. The quantitative estimate of drug-likeness (QED) is 0.508. The Bertz CT molecular complexity index is 1130. The number of nitrogens with one attached hydrogen (secondary N) is 1. The van der Waals surface area contributed by atoms with E-state index in [1.165, 1.54) is 5.56 Å². The highest BCUT2D eigenvalue weighted by Crippen LogP contribution is 2.23. The maximum atomic E-state index is 13.1. The van der Waals surface area contributed by atoms with Gasteiger partial charge in [0.25, 0.3) is 5.91 Å². The third-order valence-corrected chi connectivity index (χ3v) is 5.02. The molecular formula is C25H23N3O. The molecular weight excluding hydrogens is 358 g/mol. The summed E-state index contributed by atoms with van der Waals surface area (Å²) in [5, 5.41) is 7.69. The molecule has 0 aliphatic rings. The van der Waals surface area contributed by atoms with E-state index in [2.05, 4.69) is 28.6 Å². The predicted molar refractivity (Wildman–Crippen MR) is 117 cm³/mol. The van der Waals surface area contributed by atoms with Crippen LogP contribution in [0.3, 0.4) is 0 Å². The van der Waals surface area contributed by atoms with Crippen molar-refractivity contribution in [1.29, 1.82) is 0 Å². The smallest absolute Gasteiger partial charge is 0.259 e. The van der Waals surface area contributed by atoms with Crippen LogP contribution in [0.2, 0.25) is 0 Å². The van der Waals surface area contributed by atoms with Crippen LogP contribution in [0.1, 0.15) is 32.9 Å². The molecule has 4 heteroatoms. The van der Waals surface area contributed by atoms with Crippen LogP contribution in [0, 0.1) is 13.8 Å². The van der Waals surface area contributed by atoms with Crippen LogP contribution in [0.25, 0.3) is 5.69 Å². The molecule has 1 aromatic heterocycles. The van der Waals surface area contributed by atoms with E-state index in [9.17, 15) is 4.79 Å². The summed E-state index contributed by atoms with van der Waals surface area (Å²) in [6.07, 6.45) is 0.762. The molecule has 29 heavy (non-hydrogen) atoms. The molecule has 3 aromatic carbocycles. The highest BCUT2D eigenvalue weighted by atomic mass is 16.1. The van der Waals surface area contributed by atoms with Crippen molar-refractivity contribution >= 4 is 11.6 Å². The molecule has 1 amide bonds. The topological polar surface area (TPSA) is 46.9 Å². The first-order chi connectivity index (χ1) is 14.1. The minimum Gasteiger partial charge on any atom is -0.322 e. The van der Waals surface area contributed by atoms with E-state index in [4.69, 9.17) is 0 Å². The number of hydrogen-bond acceptors (Lipinski definition) is 2. The van der Waals surface area contributed by atoms with Crippen molar-refractivity contribution in [3.05, 3.63) is 113 Å². The van der Waals surface area contributed by atoms with E-state index < -0.39 is 0 Å². The van der Waals surface area contributed by atoms with Crippen molar-refractivity contribution in [3.8, 4) is 5.69 Å². The van der Waals surface area contributed by atoms with Crippen LogP contribution >= 0.6 is 0 Å². The Morgan fingerprint density at radius 1 is 0.862 bits per heavy atom. The Morgan fingerprint density at radius 3 is 2.21 bits per heavy atom. The number of aromatic nitrogens is 2. The fourth-order valence-electron chi connectivity index (χ4n) is 3.59. The maximum absolute atomic E-state index is 13.1. The van der Waals surface area contributed by atoms with E-state index in [1.807, 2.05) is 85.3 Å². The highest BCUT2D eigenvalue weighted by Gasteiger charge is 2.20. The van der Waals surface area contributed by atoms with Crippen molar-refractivity contribution in [2.45, 2.75) is 20.3 Å². The minimum atomic E-state index is -0.136. The number of hydrogen-bond donors (Lipinski definition) is 1. The predicted octanol–water partition coefficient (Wildman–Crippen LogP) is 5.33. The zero-order valence-electron chi connectivity index (χ0n) is 16.6. The molecule has 0 saturated carbocycles. The summed E-state index contributed by atoms with van der Waals surface area (Å²) in [5.41, 5.74) is 6.21. The van der Waals surface area contributed by atoms with Gasteiger partial charge in [-0.1, -0.05) is 66.7 Å². The molecule has 0 radical (unpaired) electrons. The number of rotatable bonds is 5. The Labute approximate surface area is 170 Å². The van der Waals surface area contributed by atoms with Gasteiger partial charge >= 0.3 is 0 Å². The second-order valence-corrected chi connectivity index (χ2v) is 7.07. The van der Waals surface area contributed by atoms with Gasteiger partial charge in [-0.3, -0.25) is 4.79 Å². The largest absolute Gasteiger partial charge is 0.322 e. The lowest BCUT2D eigenvalue weighted by molar-refractivity contribution is 0.102. The molecule has 0 bridgehead atoms. The van der Waals surface area contributed by atoms with Gasteiger partial charge < -0.3 is 5.32 Å². The zero-order chi connectivity index (χ0) is 20.2. The number of nitrogens with zero attached hydrogens (tertiary/aromatic N) is 2. The average molecular weight is 381 g/mol. The first-order valence-electron chi connectivity index (χ1n) is 9.68. The summed E-state index contributed by atoms with van der Waals surface area (Å²) < 4.78 is 1.82. The summed E-state index contributed by atoms with van der Waals surface area (Å²) >= 11 is 0. The van der Waals surface area contributed by atoms with Gasteiger partial charge in [-0.05, 0) is 49.6 Å². The lowest BCUT2D eigenvalue weighted by Gasteiger charge is -2.12. The van der Waals surface area contributed by atoms with Crippen LogP contribution < -0.4 is 5.32 Å². The number of carbonyl (C=O) groups excluding carboxylic acids is 1. The molecule has 1 N–H and O–H groups in total. The van der Waals surface area contributed by atoms with Crippen molar-refractivity contribution in [3.63, 3.8) is 0 Å². The monoisotopic (exact) mass is 381 g/mol. The Morgan fingerprint density at radius 2 is 1.48 bits per heavy atom. The summed E-state index contributed by atoms with van der Waals surface area (Å²) in [5.74, 6) is -0.136. The van der Waals surface area contributed by atoms with Gasteiger partial charge in [0, 0.05) is 5.69 Å². The molecule has 0 aliphatic heterocycles. The van der Waals surface area contributed by atoms with Gasteiger partial charge in [-0.15, -0.1) is 0 Å². The molecule has 4 rings (SSSR count). The lowest BCUT2D eigenvalue weighted by atomic mass is 10.0.